The second kappa shape index (κ2) is 51.5. The van der Waals surface area contributed by atoms with E-state index >= 15 is 0 Å². The van der Waals surface area contributed by atoms with Crippen LogP contribution in [0, 0.1) is 0 Å². The van der Waals surface area contributed by atoms with Crippen LogP contribution in [-0.4, -0.2) is 48.7 Å². The van der Waals surface area contributed by atoms with Crippen LogP contribution in [-0.2, 0) is 13.0 Å². The van der Waals surface area contributed by atoms with E-state index in [4.69, 9.17) is 4.79 Å². The Kier molecular flexibility index (Phi) is 102. The summed E-state index contributed by atoms with van der Waals surface area (Å²) >= 11 is 0. The van der Waals surface area contributed by atoms with Crippen molar-refractivity contribution in [1.82, 2.24) is 0 Å². The van der Waals surface area contributed by atoms with Gasteiger partial charge in [-0.2, -0.15) is 0 Å². The van der Waals surface area contributed by atoms with Crippen molar-refractivity contribution in [3.05, 3.63) is 0 Å². The third-order valence-corrected chi connectivity index (χ3v) is 0. The highest BCUT2D eigenvalue weighted by Gasteiger charge is 1.28. The Hall–Kier alpha value is 0.458. The molecule has 0 amide bonds. The molecule has 0 N–H and O–H groups in total. The molecule has 0 aromatic rings. The predicted molar refractivity (Wildman–Crippen MR) is 49.0 cm³/mol. The van der Waals surface area contributed by atoms with Gasteiger partial charge >= 0.3 is 0 Å². The van der Waals surface area contributed by atoms with Gasteiger partial charge in [0.05, 0.1) is 0 Å². The van der Waals surface area contributed by atoms with E-state index in [1.54, 1.807) is 0 Å². The van der Waals surface area contributed by atoms with E-state index in [0.29, 0.717) is 0 Å². The Morgan fingerprint density at radius 3 is 0.875 bits per heavy atom. The molecule has 0 radical (unpaired) electrons. The quantitative estimate of drug-likeness (QED) is 0.355. The van der Waals surface area contributed by atoms with Gasteiger partial charge in [-0.15, -0.1) is 0 Å². The number of hydrogen-bond acceptors (Lipinski definition) is 3. The van der Waals surface area contributed by atoms with Gasteiger partial charge in [0.1, 0.15) is 48.7 Å². The SMILES string of the molecule is C=O.[SiH3]O[SiH3].[SiH3]O[SiH3]. The Morgan fingerprint density at radius 1 is 0.875 bits per heavy atom. The van der Waals surface area contributed by atoms with Crippen LogP contribution in [0.15, 0.2) is 0 Å². The molecule has 0 aliphatic carbocycles. The lowest BCUT2D eigenvalue weighted by Crippen LogP contribution is -1.65. The normalized spacial score (nSPS) is 6.50. The molecule has 52 valence electrons. The highest BCUT2D eigenvalue weighted by Crippen LogP contribution is 1.20. The Labute approximate surface area is 62.3 Å². The lowest BCUT2D eigenvalue weighted by molar-refractivity contribution is -0.0979. The molecular weight excluding hydrogens is 172 g/mol. The highest BCUT2D eigenvalue weighted by molar-refractivity contribution is 6.15. The van der Waals surface area contributed by atoms with Crippen molar-refractivity contribution >= 4 is 48.7 Å². The average Bonchev–Trinajstić information content (AvgIpc) is 1.75. The van der Waals surface area contributed by atoms with Crippen molar-refractivity contribution in [2.24, 2.45) is 0 Å². The zero-order valence-electron chi connectivity index (χ0n) is 5.93. The molecular formula is CH14O3Si4. The standard InChI is InChI=1S/CH2O.2H6OSi2/c1-2;2*2-1-3/h1H2;2*2-3H3. The molecule has 7 heteroatoms. The lowest BCUT2D eigenvalue weighted by Gasteiger charge is -1.62. The molecule has 0 aromatic heterocycles. The van der Waals surface area contributed by atoms with Crippen LogP contribution in [0.2, 0.25) is 0 Å². The van der Waals surface area contributed by atoms with Gasteiger partial charge in [-0.25, -0.2) is 0 Å². The topological polar surface area (TPSA) is 35.5 Å². The number of carbonyl (C=O) groups is 1. The van der Waals surface area contributed by atoms with E-state index in [-0.39, 0.29) is 0 Å². The molecule has 0 rings (SSSR count). The summed E-state index contributed by atoms with van der Waals surface area (Å²) in [5, 5.41) is 0. The van der Waals surface area contributed by atoms with E-state index in [0.717, 1.165) is 41.9 Å². The van der Waals surface area contributed by atoms with Crippen LogP contribution < -0.4 is 0 Å². The van der Waals surface area contributed by atoms with Crippen molar-refractivity contribution in [2.45, 2.75) is 0 Å². The van der Waals surface area contributed by atoms with Crippen LogP contribution in [0.4, 0.5) is 0 Å². The van der Waals surface area contributed by atoms with Crippen LogP contribution in [0.1, 0.15) is 0 Å². The van der Waals surface area contributed by atoms with Gasteiger partial charge in [-0.05, 0) is 0 Å². The van der Waals surface area contributed by atoms with Crippen molar-refractivity contribution in [3.63, 3.8) is 0 Å². The molecule has 0 saturated heterocycles. The average molecular weight is 186 g/mol. The summed E-state index contributed by atoms with van der Waals surface area (Å²) in [5.74, 6) is 0. The van der Waals surface area contributed by atoms with Crippen LogP contribution in [0.3, 0.4) is 0 Å². The van der Waals surface area contributed by atoms with Gasteiger partial charge in [0.25, 0.3) is 0 Å². The fourth-order valence-corrected chi connectivity index (χ4v) is 0. The van der Waals surface area contributed by atoms with Crippen LogP contribution in [0.5, 0.6) is 0 Å². The van der Waals surface area contributed by atoms with Crippen molar-refractivity contribution in [2.75, 3.05) is 0 Å². The van der Waals surface area contributed by atoms with Crippen molar-refractivity contribution < 1.29 is 13.0 Å². The van der Waals surface area contributed by atoms with Crippen LogP contribution in [0.25, 0.3) is 0 Å². The smallest absolute Gasteiger partial charge is 0.129 e. The van der Waals surface area contributed by atoms with Crippen molar-refractivity contribution in [1.29, 1.82) is 0 Å². The summed E-state index contributed by atoms with van der Waals surface area (Å²) in [7, 11) is 3.72. The summed E-state index contributed by atoms with van der Waals surface area (Å²) in [6.45, 7) is 2.00. The third-order valence-electron chi connectivity index (χ3n) is 0. The maximum Gasteiger partial charge on any atom is 0.129 e. The van der Waals surface area contributed by atoms with E-state index in [1.165, 1.54) is 0 Å². The summed E-state index contributed by atoms with van der Waals surface area (Å²) in [6, 6.07) is 0. The molecule has 0 aromatic carbocycles. The maximum atomic E-state index is 8.00. The fourth-order valence-electron chi connectivity index (χ4n) is 0. The lowest BCUT2D eigenvalue weighted by atomic mass is 11.9. The fraction of sp³-hybridized carbons (Fsp3) is 0. The van der Waals surface area contributed by atoms with E-state index in [9.17, 15) is 0 Å². The molecule has 8 heavy (non-hydrogen) atoms. The molecule has 3 nitrogen and oxygen atoms in total. The first-order valence-electron chi connectivity index (χ1n) is 1.92. The van der Waals surface area contributed by atoms with Gasteiger partial charge in [-0.1, -0.05) is 0 Å². The van der Waals surface area contributed by atoms with Gasteiger partial charge in [0.2, 0.25) is 0 Å². The van der Waals surface area contributed by atoms with Crippen molar-refractivity contribution in [3.8, 4) is 0 Å². The molecule has 0 saturated carbocycles. The third kappa shape index (κ3) is 919. The zero-order valence-corrected chi connectivity index (χ0v) is 13.9. The zero-order chi connectivity index (χ0) is 7.41. The number of rotatable bonds is 0. The minimum atomic E-state index is 0.931. The number of carbonyl (C=O) groups excluding carboxylic acids is 1. The summed E-state index contributed by atoms with van der Waals surface area (Å²) in [6.07, 6.45) is 0. The van der Waals surface area contributed by atoms with Gasteiger partial charge in [0, 0.05) is 0 Å². The second-order valence-electron chi connectivity index (χ2n) is 0.816. The first kappa shape index (κ1) is 15.8. The molecule has 0 atom stereocenters. The first-order chi connectivity index (χ1) is 3.83. The molecule has 0 bridgehead atoms. The molecule has 0 heterocycles. The largest absolute Gasteiger partial charge is 0.471 e. The molecule has 0 unspecified atom stereocenters. The number of hydrogen-bond donors (Lipinski definition) is 0. The minimum absolute atomic E-state index is 0.931. The van der Waals surface area contributed by atoms with Crippen LogP contribution >= 0.6 is 0 Å². The summed E-state index contributed by atoms with van der Waals surface area (Å²) in [4.78, 5) is 8.00. The first-order valence-corrected chi connectivity index (χ1v) is 5.19. The Morgan fingerprint density at radius 2 is 0.875 bits per heavy atom. The van der Waals surface area contributed by atoms with Gasteiger partial charge in [-0.3, -0.25) is 0 Å². The molecule has 0 fully saturated rings. The summed E-state index contributed by atoms with van der Waals surface area (Å²) < 4.78 is 9.06. The summed E-state index contributed by atoms with van der Waals surface area (Å²) in [5.41, 5.74) is 0. The Balaban J connectivity index is -0.0000000483. The highest BCUT2D eigenvalue weighted by atomic mass is 28.3. The van der Waals surface area contributed by atoms with Gasteiger partial charge in [0.15, 0.2) is 0 Å². The monoisotopic (exact) mass is 186 g/mol. The molecule has 0 aliphatic rings. The molecule has 0 aliphatic heterocycles. The minimum Gasteiger partial charge on any atom is -0.471 e. The Bertz CT molecular complexity index is 18.8. The predicted octanol–water partition coefficient (Wildman–Crippen LogP) is -5.06. The van der Waals surface area contributed by atoms with Gasteiger partial charge < -0.3 is 13.0 Å². The maximum absolute atomic E-state index is 8.00. The van der Waals surface area contributed by atoms with E-state index in [2.05, 4.69) is 8.23 Å². The van der Waals surface area contributed by atoms with E-state index < -0.39 is 0 Å². The second-order valence-corrected chi connectivity index (χ2v) is 7.35. The van der Waals surface area contributed by atoms with E-state index in [1.807, 2.05) is 6.79 Å². The molecule has 0 spiro atoms.